The smallest absolute Gasteiger partial charge is 0.191 e. The molecule has 1 fully saturated rings. The highest BCUT2D eigenvalue weighted by Crippen LogP contribution is 2.18. The van der Waals surface area contributed by atoms with Crippen LogP contribution in [0.25, 0.3) is 0 Å². The molecule has 0 amide bonds. The van der Waals surface area contributed by atoms with Crippen LogP contribution in [0.2, 0.25) is 0 Å². The molecule has 0 atom stereocenters. The van der Waals surface area contributed by atoms with E-state index >= 15 is 0 Å². The van der Waals surface area contributed by atoms with E-state index in [0.29, 0.717) is 12.6 Å². The Bertz CT molecular complexity index is 515. The molecule has 3 N–H and O–H groups in total. The highest BCUT2D eigenvalue weighted by atomic mass is 16.3. The minimum atomic E-state index is -0.127. The topological polar surface area (TPSA) is 74.5 Å². The zero-order chi connectivity index (χ0) is 16.1. The van der Waals surface area contributed by atoms with Crippen LogP contribution in [0.1, 0.15) is 49.6 Å². The lowest BCUT2D eigenvalue weighted by atomic mass is 9.93. The number of aliphatic hydroxyl groups excluding tert-OH is 1. The molecule has 0 spiro atoms. The maximum atomic E-state index is 9.60. The molecule has 0 saturated heterocycles. The fraction of sp³-hybridized carbons (Fsp3) is 0.750. The number of aromatic nitrogens is 2. The van der Waals surface area contributed by atoms with E-state index in [-0.39, 0.29) is 6.10 Å². The van der Waals surface area contributed by atoms with Crippen LogP contribution in [-0.4, -0.2) is 39.5 Å². The molecule has 22 heavy (non-hydrogen) atoms. The van der Waals surface area contributed by atoms with Gasteiger partial charge in [-0.2, -0.15) is 5.10 Å². The summed E-state index contributed by atoms with van der Waals surface area (Å²) in [7, 11) is 1.96. The Morgan fingerprint density at radius 2 is 2.00 bits per heavy atom. The third-order valence-electron chi connectivity index (χ3n) is 4.44. The van der Waals surface area contributed by atoms with E-state index in [1.54, 1.807) is 0 Å². The van der Waals surface area contributed by atoms with E-state index in [1.807, 2.05) is 18.7 Å². The summed E-state index contributed by atoms with van der Waals surface area (Å²) in [6.45, 7) is 7.65. The Morgan fingerprint density at radius 1 is 1.32 bits per heavy atom. The van der Waals surface area contributed by atoms with Gasteiger partial charge in [0.15, 0.2) is 5.96 Å². The predicted octanol–water partition coefficient (Wildman–Crippen LogP) is 1.40. The van der Waals surface area contributed by atoms with Crippen LogP contribution >= 0.6 is 0 Å². The largest absolute Gasteiger partial charge is 0.393 e. The first-order chi connectivity index (χ1) is 10.5. The first-order valence-corrected chi connectivity index (χ1v) is 8.23. The van der Waals surface area contributed by atoms with Crippen LogP contribution in [0.15, 0.2) is 4.99 Å². The van der Waals surface area contributed by atoms with E-state index in [9.17, 15) is 5.11 Å². The Labute approximate surface area is 133 Å². The predicted molar refractivity (Wildman–Crippen MR) is 88.9 cm³/mol. The van der Waals surface area contributed by atoms with Crippen molar-refractivity contribution in [2.75, 3.05) is 6.54 Å². The van der Waals surface area contributed by atoms with Gasteiger partial charge in [0.05, 0.1) is 18.3 Å². The van der Waals surface area contributed by atoms with E-state index in [0.717, 1.165) is 49.6 Å². The molecule has 1 aromatic rings. The summed E-state index contributed by atoms with van der Waals surface area (Å²) in [5, 5.41) is 20.8. The van der Waals surface area contributed by atoms with Gasteiger partial charge in [0, 0.05) is 30.9 Å². The summed E-state index contributed by atoms with van der Waals surface area (Å²) in [5.74, 6) is 0.853. The van der Waals surface area contributed by atoms with Gasteiger partial charge in [-0.15, -0.1) is 0 Å². The van der Waals surface area contributed by atoms with Crippen LogP contribution in [0.3, 0.4) is 0 Å². The lowest BCUT2D eigenvalue weighted by Gasteiger charge is -2.27. The number of aliphatic imine (C=N–C) groups is 1. The number of nitrogens with zero attached hydrogens (tertiary/aromatic N) is 3. The van der Waals surface area contributed by atoms with Gasteiger partial charge in [0.25, 0.3) is 0 Å². The fourth-order valence-corrected chi connectivity index (χ4v) is 2.94. The minimum absolute atomic E-state index is 0.127. The number of hydrogen-bond acceptors (Lipinski definition) is 3. The summed E-state index contributed by atoms with van der Waals surface area (Å²) in [4.78, 5) is 4.71. The Balaban J connectivity index is 2.00. The maximum absolute atomic E-state index is 9.60. The molecule has 0 aliphatic heterocycles. The first-order valence-electron chi connectivity index (χ1n) is 8.23. The van der Waals surface area contributed by atoms with Crippen LogP contribution in [0, 0.1) is 13.8 Å². The summed E-state index contributed by atoms with van der Waals surface area (Å²) < 4.78 is 1.91. The Kier molecular flexibility index (Phi) is 5.83. The molecule has 1 heterocycles. The van der Waals surface area contributed by atoms with Crippen molar-refractivity contribution >= 4 is 5.96 Å². The van der Waals surface area contributed by atoms with Gasteiger partial charge in [-0.05, 0) is 46.5 Å². The zero-order valence-electron chi connectivity index (χ0n) is 14.2. The molecule has 0 radical (unpaired) electrons. The fourth-order valence-electron chi connectivity index (χ4n) is 2.94. The van der Waals surface area contributed by atoms with Crippen molar-refractivity contribution in [1.29, 1.82) is 0 Å². The second-order valence-corrected chi connectivity index (χ2v) is 6.12. The second kappa shape index (κ2) is 7.63. The average molecular weight is 307 g/mol. The monoisotopic (exact) mass is 307 g/mol. The van der Waals surface area contributed by atoms with Crippen LogP contribution < -0.4 is 10.6 Å². The van der Waals surface area contributed by atoms with Crippen molar-refractivity contribution < 1.29 is 5.11 Å². The molecule has 124 valence electrons. The van der Waals surface area contributed by atoms with Gasteiger partial charge in [0.1, 0.15) is 0 Å². The van der Waals surface area contributed by atoms with Crippen LogP contribution in [0.5, 0.6) is 0 Å². The molecular weight excluding hydrogens is 278 g/mol. The Hall–Kier alpha value is -1.56. The van der Waals surface area contributed by atoms with Crippen molar-refractivity contribution in [3.05, 3.63) is 17.0 Å². The maximum Gasteiger partial charge on any atom is 0.191 e. The van der Waals surface area contributed by atoms with Crippen molar-refractivity contribution in [2.24, 2.45) is 12.0 Å². The Morgan fingerprint density at radius 3 is 2.55 bits per heavy atom. The summed E-state index contributed by atoms with van der Waals surface area (Å²) in [6.07, 6.45) is 3.61. The quantitative estimate of drug-likeness (QED) is 0.580. The highest BCUT2D eigenvalue weighted by Gasteiger charge is 2.20. The molecule has 0 aromatic carbocycles. The van der Waals surface area contributed by atoms with Crippen molar-refractivity contribution in [3.8, 4) is 0 Å². The van der Waals surface area contributed by atoms with Crippen molar-refractivity contribution in [1.82, 2.24) is 20.4 Å². The molecule has 1 saturated carbocycles. The SMILES string of the molecule is CCNC(=NCc1c(C)nn(C)c1C)NC1CCC(O)CC1. The highest BCUT2D eigenvalue weighted by molar-refractivity contribution is 5.80. The van der Waals surface area contributed by atoms with Crippen LogP contribution in [0.4, 0.5) is 0 Å². The number of nitrogens with one attached hydrogen (secondary N) is 2. The second-order valence-electron chi connectivity index (χ2n) is 6.12. The number of guanidine groups is 1. The third kappa shape index (κ3) is 4.22. The van der Waals surface area contributed by atoms with Crippen LogP contribution in [-0.2, 0) is 13.6 Å². The summed E-state index contributed by atoms with van der Waals surface area (Å²) in [5.41, 5.74) is 3.40. The normalized spacial score (nSPS) is 22.7. The molecule has 2 rings (SSSR count). The lowest BCUT2D eigenvalue weighted by molar-refractivity contribution is 0.120. The summed E-state index contributed by atoms with van der Waals surface area (Å²) >= 11 is 0. The van der Waals surface area contributed by atoms with Gasteiger partial charge in [-0.1, -0.05) is 0 Å². The van der Waals surface area contributed by atoms with E-state index in [2.05, 4.69) is 29.6 Å². The standard InChI is InChI=1S/C16H29N5O/c1-5-17-16(19-13-6-8-14(22)9-7-13)18-10-15-11(2)20-21(4)12(15)3/h13-14,22H,5-10H2,1-4H3,(H2,17,18,19). The third-order valence-corrected chi connectivity index (χ3v) is 4.44. The van der Waals surface area contributed by atoms with Crippen molar-refractivity contribution in [3.63, 3.8) is 0 Å². The van der Waals surface area contributed by atoms with Gasteiger partial charge in [-0.3, -0.25) is 4.68 Å². The number of aryl methyl sites for hydroxylation is 2. The first kappa shape index (κ1) is 16.8. The van der Waals surface area contributed by atoms with Gasteiger partial charge in [-0.25, -0.2) is 4.99 Å². The van der Waals surface area contributed by atoms with E-state index in [1.165, 1.54) is 5.56 Å². The van der Waals surface area contributed by atoms with Gasteiger partial charge in [0.2, 0.25) is 0 Å². The van der Waals surface area contributed by atoms with Gasteiger partial charge < -0.3 is 15.7 Å². The molecule has 6 heteroatoms. The van der Waals surface area contributed by atoms with Crippen molar-refractivity contribution in [2.45, 2.75) is 65.1 Å². The van der Waals surface area contributed by atoms with E-state index in [4.69, 9.17) is 4.99 Å². The number of hydrogen-bond donors (Lipinski definition) is 3. The number of aliphatic hydroxyl groups is 1. The molecule has 0 unspecified atom stereocenters. The lowest BCUT2D eigenvalue weighted by Crippen LogP contribution is -2.45. The molecule has 1 aliphatic carbocycles. The molecular formula is C16H29N5O. The molecule has 1 aliphatic rings. The molecule has 1 aromatic heterocycles. The molecule has 0 bridgehead atoms. The van der Waals surface area contributed by atoms with Gasteiger partial charge >= 0.3 is 0 Å². The minimum Gasteiger partial charge on any atom is -0.393 e. The van der Waals surface area contributed by atoms with E-state index < -0.39 is 0 Å². The average Bonchev–Trinajstić information content (AvgIpc) is 2.72. The summed E-state index contributed by atoms with van der Waals surface area (Å²) in [6, 6.07) is 0.400. The zero-order valence-corrected chi connectivity index (χ0v) is 14.2. The molecule has 6 nitrogen and oxygen atoms in total. The number of rotatable bonds is 4.